The number of likely N-dealkylation sites (tertiary alicyclic amines) is 1. The monoisotopic (exact) mass is 509 g/mol. The van der Waals surface area contributed by atoms with E-state index >= 15 is 0 Å². The Kier molecular flexibility index (Phi) is 6.81. The molecule has 8 heteroatoms. The van der Waals surface area contributed by atoms with Crippen LogP contribution < -0.4 is 4.74 Å². The number of carboxylic acids is 1. The normalized spacial score (nSPS) is 26.5. The van der Waals surface area contributed by atoms with Gasteiger partial charge in [0.1, 0.15) is 17.0 Å². The van der Waals surface area contributed by atoms with Crippen LogP contribution in [0.4, 0.5) is 0 Å². The summed E-state index contributed by atoms with van der Waals surface area (Å²) in [6, 6.07) is 9.91. The molecule has 0 bridgehead atoms. The standard InChI is InChI=1S/C29H39N3O5/c1-5-32-23(16-22(30-32)19(2)3)27(35)31-14-12-29(13-15-31)17-21-26(36-18-29)20-8-6-7-9-24(20)37-28(21,4)11-10-25(33)34/h6-9,16,19,21,26H,5,10-15,17-18H2,1-4H3,(H,33,34)/t21-,26+,28+/m1/s1. The highest BCUT2D eigenvalue weighted by Gasteiger charge is 2.54. The first-order valence-corrected chi connectivity index (χ1v) is 13.6. The third kappa shape index (κ3) is 4.76. The van der Waals surface area contributed by atoms with Gasteiger partial charge in [0.15, 0.2) is 0 Å². The number of nitrogens with zero attached hydrogens (tertiary/aromatic N) is 3. The summed E-state index contributed by atoms with van der Waals surface area (Å²) < 4.78 is 14.9. The molecule has 2 fully saturated rings. The Bertz CT molecular complexity index is 1170. The minimum Gasteiger partial charge on any atom is -0.487 e. The van der Waals surface area contributed by atoms with E-state index in [1.54, 1.807) is 0 Å². The Morgan fingerprint density at radius 3 is 2.62 bits per heavy atom. The number of carbonyl (C=O) groups excluding carboxylic acids is 1. The number of ether oxygens (including phenoxy) is 2. The quantitative estimate of drug-likeness (QED) is 0.586. The Morgan fingerprint density at radius 1 is 1.22 bits per heavy atom. The lowest BCUT2D eigenvalue weighted by atomic mass is 9.63. The van der Waals surface area contributed by atoms with E-state index in [2.05, 4.69) is 25.0 Å². The molecule has 2 aromatic rings. The molecule has 1 N–H and O–H groups in total. The predicted octanol–water partition coefficient (Wildman–Crippen LogP) is 5.04. The molecular weight excluding hydrogens is 470 g/mol. The number of amides is 1. The molecule has 3 aliphatic heterocycles. The highest BCUT2D eigenvalue weighted by molar-refractivity contribution is 5.92. The topological polar surface area (TPSA) is 93.9 Å². The number of carbonyl (C=O) groups is 2. The molecule has 1 amide bonds. The van der Waals surface area contributed by atoms with Gasteiger partial charge in [0, 0.05) is 37.5 Å². The van der Waals surface area contributed by atoms with Crippen molar-refractivity contribution in [3.05, 3.63) is 47.3 Å². The van der Waals surface area contributed by atoms with E-state index in [1.165, 1.54) is 0 Å². The first-order chi connectivity index (χ1) is 17.6. The molecule has 3 atom stereocenters. The smallest absolute Gasteiger partial charge is 0.303 e. The lowest BCUT2D eigenvalue weighted by molar-refractivity contribution is -0.180. The molecule has 4 heterocycles. The highest BCUT2D eigenvalue weighted by atomic mass is 16.5. The summed E-state index contributed by atoms with van der Waals surface area (Å²) in [6.07, 6.45) is 2.99. The van der Waals surface area contributed by atoms with E-state index < -0.39 is 11.6 Å². The molecule has 200 valence electrons. The summed E-state index contributed by atoms with van der Waals surface area (Å²) in [5.74, 6) is 0.348. The summed E-state index contributed by atoms with van der Waals surface area (Å²) in [7, 11) is 0. The number of fused-ring (bicyclic) bond motifs is 3. The lowest BCUT2D eigenvalue weighted by Crippen LogP contribution is -2.56. The Hall–Kier alpha value is -2.87. The van der Waals surface area contributed by atoms with Gasteiger partial charge in [0.25, 0.3) is 5.91 Å². The second-order valence-electron chi connectivity index (χ2n) is 11.6. The Morgan fingerprint density at radius 2 is 1.95 bits per heavy atom. The lowest BCUT2D eigenvalue weighted by Gasteiger charge is -2.55. The molecular formula is C29H39N3O5. The number of piperidine rings is 1. The van der Waals surface area contributed by atoms with E-state index in [0.29, 0.717) is 38.4 Å². The Balaban J connectivity index is 1.33. The van der Waals surface area contributed by atoms with E-state index in [-0.39, 0.29) is 35.7 Å². The van der Waals surface area contributed by atoms with Gasteiger partial charge in [-0.05, 0) is 63.0 Å². The van der Waals surface area contributed by atoms with Gasteiger partial charge >= 0.3 is 5.97 Å². The van der Waals surface area contributed by atoms with Crippen LogP contribution in [0.25, 0.3) is 0 Å². The SMILES string of the molecule is CCn1nc(C(C)C)cc1C(=O)N1CCC2(CC1)CO[C@H]1c3ccccc3O[C@@](C)(CCC(=O)O)[C@@H]1C2. The third-order valence-corrected chi connectivity index (χ3v) is 8.80. The zero-order valence-electron chi connectivity index (χ0n) is 22.4. The van der Waals surface area contributed by atoms with Gasteiger partial charge in [-0.1, -0.05) is 32.0 Å². The van der Waals surface area contributed by atoms with Crippen LogP contribution >= 0.6 is 0 Å². The van der Waals surface area contributed by atoms with Crippen LogP contribution in [0.15, 0.2) is 30.3 Å². The molecule has 2 saturated heterocycles. The summed E-state index contributed by atoms with van der Waals surface area (Å²) >= 11 is 0. The van der Waals surface area contributed by atoms with Crippen LogP contribution in [0.5, 0.6) is 5.75 Å². The van der Waals surface area contributed by atoms with Crippen molar-refractivity contribution in [2.75, 3.05) is 19.7 Å². The van der Waals surface area contributed by atoms with Crippen LogP contribution in [0.1, 0.15) is 93.6 Å². The van der Waals surface area contributed by atoms with Crippen molar-refractivity contribution in [1.29, 1.82) is 0 Å². The number of aromatic nitrogens is 2. The summed E-state index contributed by atoms with van der Waals surface area (Å²) in [4.78, 5) is 26.9. The molecule has 1 aromatic carbocycles. The van der Waals surface area contributed by atoms with E-state index in [0.717, 1.165) is 36.3 Å². The molecule has 1 spiro atoms. The van der Waals surface area contributed by atoms with Crippen LogP contribution in [-0.4, -0.2) is 57.0 Å². The zero-order chi connectivity index (χ0) is 26.4. The minimum atomic E-state index is -0.814. The van der Waals surface area contributed by atoms with Crippen LogP contribution in [0.3, 0.4) is 0 Å². The maximum atomic E-state index is 13.5. The molecule has 5 rings (SSSR count). The van der Waals surface area contributed by atoms with Crippen molar-refractivity contribution in [2.24, 2.45) is 11.3 Å². The number of para-hydroxylation sites is 1. The number of benzene rings is 1. The summed E-state index contributed by atoms with van der Waals surface area (Å²) in [5, 5.41) is 14.0. The number of aryl methyl sites for hydroxylation is 1. The average molecular weight is 510 g/mol. The van der Waals surface area contributed by atoms with Crippen LogP contribution in [0.2, 0.25) is 0 Å². The minimum absolute atomic E-state index is 0.0481. The fraction of sp³-hybridized carbons (Fsp3) is 0.621. The van der Waals surface area contributed by atoms with Crippen LogP contribution in [0, 0.1) is 11.3 Å². The molecule has 8 nitrogen and oxygen atoms in total. The highest BCUT2D eigenvalue weighted by Crippen LogP contribution is 2.56. The number of rotatable bonds is 6. The molecule has 0 unspecified atom stereocenters. The molecule has 0 saturated carbocycles. The predicted molar refractivity (Wildman–Crippen MR) is 139 cm³/mol. The second kappa shape index (κ2) is 9.78. The first kappa shape index (κ1) is 25.8. The van der Waals surface area contributed by atoms with E-state index in [1.807, 2.05) is 47.7 Å². The fourth-order valence-corrected chi connectivity index (χ4v) is 6.41. The largest absolute Gasteiger partial charge is 0.487 e. The van der Waals surface area contributed by atoms with E-state index in [4.69, 9.17) is 9.47 Å². The molecule has 1 aromatic heterocycles. The number of aliphatic carboxylic acids is 1. The van der Waals surface area contributed by atoms with Crippen molar-refractivity contribution in [3.63, 3.8) is 0 Å². The molecule has 0 radical (unpaired) electrons. The van der Waals surface area contributed by atoms with Crippen molar-refractivity contribution in [1.82, 2.24) is 14.7 Å². The van der Waals surface area contributed by atoms with Crippen molar-refractivity contribution in [3.8, 4) is 5.75 Å². The summed E-state index contributed by atoms with van der Waals surface area (Å²) in [6.45, 7) is 10.9. The number of hydrogen-bond acceptors (Lipinski definition) is 5. The van der Waals surface area contributed by atoms with Gasteiger partial charge < -0.3 is 19.5 Å². The van der Waals surface area contributed by atoms with Gasteiger partial charge in [0.05, 0.1) is 18.4 Å². The van der Waals surface area contributed by atoms with Crippen molar-refractivity contribution < 1.29 is 24.2 Å². The van der Waals surface area contributed by atoms with Crippen molar-refractivity contribution >= 4 is 11.9 Å². The Labute approximate surface area is 218 Å². The average Bonchev–Trinajstić information content (AvgIpc) is 3.33. The van der Waals surface area contributed by atoms with Gasteiger partial charge in [0.2, 0.25) is 0 Å². The number of carboxylic acid groups (broad SMARTS) is 1. The van der Waals surface area contributed by atoms with Crippen LogP contribution in [-0.2, 0) is 16.1 Å². The van der Waals surface area contributed by atoms with Gasteiger partial charge in [-0.25, -0.2) is 0 Å². The number of hydrogen-bond donors (Lipinski definition) is 1. The zero-order valence-corrected chi connectivity index (χ0v) is 22.4. The van der Waals surface area contributed by atoms with Gasteiger partial charge in [-0.15, -0.1) is 0 Å². The second-order valence-corrected chi connectivity index (χ2v) is 11.6. The maximum absolute atomic E-state index is 13.5. The maximum Gasteiger partial charge on any atom is 0.303 e. The van der Waals surface area contributed by atoms with E-state index in [9.17, 15) is 14.7 Å². The molecule has 37 heavy (non-hydrogen) atoms. The third-order valence-electron chi connectivity index (χ3n) is 8.80. The molecule has 0 aliphatic carbocycles. The fourth-order valence-electron chi connectivity index (χ4n) is 6.41. The van der Waals surface area contributed by atoms with Gasteiger partial charge in [-0.3, -0.25) is 14.3 Å². The summed E-state index contributed by atoms with van der Waals surface area (Å²) in [5.41, 5.74) is 1.99. The molecule has 3 aliphatic rings. The van der Waals surface area contributed by atoms with Crippen molar-refractivity contribution in [2.45, 2.75) is 84.0 Å². The van der Waals surface area contributed by atoms with Gasteiger partial charge in [-0.2, -0.15) is 5.10 Å². The first-order valence-electron chi connectivity index (χ1n) is 13.6.